The van der Waals surface area contributed by atoms with E-state index in [1.165, 1.54) is 6.07 Å². The topological polar surface area (TPSA) is 50.8 Å². The van der Waals surface area contributed by atoms with Crippen LogP contribution in [0.15, 0.2) is 48.5 Å². The normalized spacial score (nSPS) is 16.8. The van der Waals surface area contributed by atoms with Gasteiger partial charge in [-0.25, -0.2) is 9.18 Å². The van der Waals surface area contributed by atoms with E-state index in [0.29, 0.717) is 24.5 Å². The molecule has 0 aromatic heterocycles. The summed E-state index contributed by atoms with van der Waals surface area (Å²) in [7, 11) is 0. The number of nitrogens with zero attached hydrogens (tertiary/aromatic N) is 1. The van der Waals surface area contributed by atoms with Crippen LogP contribution in [0.3, 0.4) is 0 Å². The van der Waals surface area contributed by atoms with Gasteiger partial charge in [-0.05, 0) is 30.2 Å². The molecule has 0 bridgehead atoms. The van der Waals surface area contributed by atoms with Crippen molar-refractivity contribution < 1.29 is 18.7 Å². The van der Waals surface area contributed by atoms with Gasteiger partial charge in [-0.2, -0.15) is 0 Å². The number of carbonyl (C=O) groups is 1. The zero-order chi connectivity index (χ0) is 19.1. The Kier molecular flexibility index (Phi) is 6.65. The molecule has 1 unspecified atom stereocenters. The number of piperazine rings is 1. The van der Waals surface area contributed by atoms with Crippen molar-refractivity contribution >= 4 is 6.09 Å². The zero-order valence-corrected chi connectivity index (χ0v) is 15.5. The monoisotopic (exact) mass is 372 g/mol. The first kappa shape index (κ1) is 19.2. The number of halogens is 1. The van der Waals surface area contributed by atoms with Crippen LogP contribution in [0.2, 0.25) is 0 Å². The molecule has 1 amide bonds. The summed E-state index contributed by atoms with van der Waals surface area (Å²) in [4.78, 5) is 14.1. The maximum absolute atomic E-state index is 14.1. The molecule has 0 radical (unpaired) electrons. The Hall–Kier alpha value is -2.60. The van der Waals surface area contributed by atoms with E-state index in [-0.39, 0.29) is 12.6 Å². The van der Waals surface area contributed by atoms with Crippen LogP contribution in [0.1, 0.15) is 24.5 Å². The van der Waals surface area contributed by atoms with Crippen LogP contribution in [-0.4, -0.2) is 36.7 Å². The lowest BCUT2D eigenvalue weighted by molar-refractivity contribution is 0.0706. The Morgan fingerprint density at radius 2 is 2.04 bits per heavy atom. The van der Waals surface area contributed by atoms with Crippen molar-refractivity contribution in [2.75, 3.05) is 19.6 Å². The maximum atomic E-state index is 14.1. The molecule has 3 rings (SSSR count). The predicted octanol–water partition coefficient (Wildman–Crippen LogP) is 3.73. The third-order valence-corrected chi connectivity index (χ3v) is 4.67. The number of carbonyl (C=O) groups excluding carboxylic acids is 1. The number of amides is 1. The molecule has 2 aromatic rings. The van der Waals surface area contributed by atoms with E-state index < -0.39 is 11.9 Å². The van der Waals surface area contributed by atoms with Gasteiger partial charge < -0.3 is 19.7 Å². The fourth-order valence-corrected chi connectivity index (χ4v) is 3.08. The molecule has 5 nitrogen and oxygen atoms in total. The molecule has 2 aromatic carbocycles. The van der Waals surface area contributed by atoms with Gasteiger partial charge in [0.1, 0.15) is 24.8 Å². The highest BCUT2D eigenvalue weighted by Crippen LogP contribution is 2.20. The van der Waals surface area contributed by atoms with Crippen LogP contribution in [0, 0.1) is 5.82 Å². The third-order valence-electron chi connectivity index (χ3n) is 4.67. The van der Waals surface area contributed by atoms with E-state index in [0.717, 1.165) is 25.1 Å². The van der Waals surface area contributed by atoms with Crippen molar-refractivity contribution in [1.29, 1.82) is 0 Å². The molecule has 1 fully saturated rings. The molecule has 0 saturated carbocycles. The van der Waals surface area contributed by atoms with Gasteiger partial charge in [-0.3, -0.25) is 0 Å². The minimum absolute atomic E-state index is 0.108. The van der Waals surface area contributed by atoms with E-state index in [4.69, 9.17) is 9.47 Å². The molecular weight excluding hydrogens is 347 g/mol. The lowest BCUT2D eigenvalue weighted by atomic mass is 10.1. The minimum Gasteiger partial charge on any atom is -0.489 e. The van der Waals surface area contributed by atoms with E-state index >= 15 is 0 Å². The summed E-state index contributed by atoms with van der Waals surface area (Å²) in [6.45, 7) is 4.40. The largest absolute Gasteiger partial charge is 0.489 e. The molecule has 1 aliphatic heterocycles. The first-order valence-corrected chi connectivity index (χ1v) is 9.26. The number of rotatable bonds is 6. The van der Waals surface area contributed by atoms with Crippen LogP contribution in [0.25, 0.3) is 0 Å². The van der Waals surface area contributed by atoms with Crippen LogP contribution in [-0.2, 0) is 18.0 Å². The van der Waals surface area contributed by atoms with Gasteiger partial charge in [0, 0.05) is 31.2 Å². The molecule has 144 valence electrons. The molecule has 1 saturated heterocycles. The fraction of sp³-hybridized carbons (Fsp3) is 0.381. The average Bonchev–Trinajstić information content (AvgIpc) is 2.72. The molecule has 6 heteroatoms. The highest BCUT2D eigenvalue weighted by atomic mass is 19.1. The lowest BCUT2D eigenvalue weighted by Crippen LogP contribution is -2.53. The van der Waals surface area contributed by atoms with Crippen molar-refractivity contribution in [3.8, 4) is 5.75 Å². The summed E-state index contributed by atoms with van der Waals surface area (Å²) in [5.74, 6) is 0.127. The quantitative estimate of drug-likeness (QED) is 0.840. The summed E-state index contributed by atoms with van der Waals surface area (Å²) in [6, 6.07) is 14.3. The van der Waals surface area contributed by atoms with Crippen LogP contribution in [0.4, 0.5) is 9.18 Å². The summed E-state index contributed by atoms with van der Waals surface area (Å²) in [5.41, 5.74) is 1.33. The number of nitrogens with one attached hydrogen (secondary N) is 1. The molecule has 1 heterocycles. The summed E-state index contributed by atoms with van der Waals surface area (Å²) in [6.07, 6.45) is 0.442. The van der Waals surface area contributed by atoms with Gasteiger partial charge >= 0.3 is 6.09 Å². The smallest absolute Gasteiger partial charge is 0.410 e. The van der Waals surface area contributed by atoms with Crippen molar-refractivity contribution in [3.05, 3.63) is 65.5 Å². The van der Waals surface area contributed by atoms with Crippen molar-refractivity contribution in [1.82, 2.24) is 10.2 Å². The standard InChI is InChI=1S/C21H25FN2O3/c1-2-18-13-23-10-11-24(18)21(25)27-15-17-12-19(8-9-20(17)22)26-14-16-6-4-3-5-7-16/h3-9,12,18,23H,2,10-11,13-15H2,1H3. The van der Waals surface area contributed by atoms with Crippen molar-refractivity contribution in [3.63, 3.8) is 0 Å². The molecule has 27 heavy (non-hydrogen) atoms. The fourth-order valence-electron chi connectivity index (χ4n) is 3.08. The second-order valence-corrected chi connectivity index (χ2v) is 6.54. The highest BCUT2D eigenvalue weighted by Gasteiger charge is 2.26. The molecule has 1 N–H and O–H groups in total. The van der Waals surface area contributed by atoms with Crippen molar-refractivity contribution in [2.45, 2.75) is 32.6 Å². The first-order chi connectivity index (χ1) is 13.2. The van der Waals surface area contributed by atoms with Gasteiger partial charge in [0.05, 0.1) is 0 Å². The SMILES string of the molecule is CCC1CNCCN1C(=O)OCc1cc(OCc2ccccc2)ccc1F. The number of ether oxygens (including phenoxy) is 2. The maximum Gasteiger partial charge on any atom is 0.410 e. The van der Waals surface area contributed by atoms with Gasteiger partial charge in [-0.15, -0.1) is 0 Å². The Balaban J connectivity index is 1.58. The molecule has 0 aliphatic carbocycles. The van der Waals surface area contributed by atoms with E-state index in [9.17, 15) is 9.18 Å². The number of benzene rings is 2. The Labute approximate surface area is 159 Å². The highest BCUT2D eigenvalue weighted by molar-refractivity contribution is 5.68. The van der Waals surface area contributed by atoms with Crippen molar-refractivity contribution in [2.24, 2.45) is 0 Å². The first-order valence-electron chi connectivity index (χ1n) is 9.26. The third kappa shape index (κ3) is 5.20. The van der Waals surface area contributed by atoms with Gasteiger partial charge in [0.15, 0.2) is 0 Å². The Morgan fingerprint density at radius 1 is 1.22 bits per heavy atom. The second kappa shape index (κ2) is 9.37. The Bertz CT molecular complexity index is 754. The lowest BCUT2D eigenvalue weighted by Gasteiger charge is -2.34. The van der Waals surface area contributed by atoms with Gasteiger partial charge in [-0.1, -0.05) is 37.3 Å². The van der Waals surface area contributed by atoms with Gasteiger partial charge in [0.2, 0.25) is 0 Å². The van der Waals surface area contributed by atoms with Crippen LogP contribution < -0.4 is 10.1 Å². The predicted molar refractivity (Wildman–Crippen MR) is 101 cm³/mol. The Morgan fingerprint density at radius 3 is 2.81 bits per heavy atom. The minimum atomic E-state index is -0.415. The number of hydrogen-bond donors (Lipinski definition) is 1. The number of hydrogen-bond acceptors (Lipinski definition) is 4. The second-order valence-electron chi connectivity index (χ2n) is 6.54. The van der Waals surface area contributed by atoms with E-state index in [2.05, 4.69) is 5.32 Å². The average molecular weight is 372 g/mol. The van der Waals surface area contributed by atoms with Crippen LogP contribution in [0.5, 0.6) is 5.75 Å². The molecule has 1 atom stereocenters. The summed E-state index contributed by atoms with van der Waals surface area (Å²) >= 11 is 0. The summed E-state index contributed by atoms with van der Waals surface area (Å²) < 4.78 is 25.2. The molecule has 0 spiro atoms. The molecular formula is C21H25FN2O3. The van der Waals surface area contributed by atoms with Crippen LogP contribution >= 0.6 is 0 Å². The molecule has 1 aliphatic rings. The van der Waals surface area contributed by atoms with E-state index in [1.807, 2.05) is 37.3 Å². The van der Waals surface area contributed by atoms with E-state index in [1.54, 1.807) is 17.0 Å². The summed E-state index contributed by atoms with van der Waals surface area (Å²) in [5, 5.41) is 3.26. The van der Waals surface area contributed by atoms with Gasteiger partial charge in [0.25, 0.3) is 0 Å². The zero-order valence-electron chi connectivity index (χ0n) is 15.5.